The number of ether oxygens (including phenoxy) is 2. The lowest BCUT2D eigenvalue weighted by atomic mass is 9.95. The van der Waals surface area contributed by atoms with Crippen molar-refractivity contribution < 1.29 is 23.5 Å². The number of amides is 1. The van der Waals surface area contributed by atoms with Gasteiger partial charge < -0.3 is 24.7 Å². The third-order valence-corrected chi connectivity index (χ3v) is 8.91. The molecule has 1 aromatic carbocycles. The van der Waals surface area contributed by atoms with Crippen molar-refractivity contribution in [3.8, 4) is 0 Å². The van der Waals surface area contributed by atoms with E-state index in [2.05, 4.69) is 20.8 Å². The molecule has 0 spiro atoms. The summed E-state index contributed by atoms with van der Waals surface area (Å²) in [6.45, 7) is 3.77. The van der Waals surface area contributed by atoms with Gasteiger partial charge in [-0.1, -0.05) is 11.8 Å². The molecule has 0 radical (unpaired) electrons. The molecule has 1 atom stereocenters. The number of carbonyl (C=O) groups excluding carboxylic acids is 2. The average Bonchev–Trinajstić information content (AvgIpc) is 3.67. The summed E-state index contributed by atoms with van der Waals surface area (Å²) in [6, 6.07) is 6.14. The van der Waals surface area contributed by atoms with Crippen LogP contribution in [0.15, 0.2) is 29.4 Å². The summed E-state index contributed by atoms with van der Waals surface area (Å²) in [4.78, 5) is 26.9. The fourth-order valence-electron chi connectivity index (χ4n) is 4.85. The Labute approximate surface area is 234 Å². The zero-order valence-electron chi connectivity index (χ0n) is 21.8. The van der Waals surface area contributed by atoms with Gasteiger partial charge in [0, 0.05) is 17.2 Å². The van der Waals surface area contributed by atoms with E-state index < -0.39 is 0 Å². The highest BCUT2D eigenvalue weighted by atomic mass is 32.2. The first-order valence-corrected chi connectivity index (χ1v) is 15.1. The molecule has 9 nitrogen and oxygen atoms in total. The van der Waals surface area contributed by atoms with Gasteiger partial charge >= 0.3 is 5.97 Å². The van der Waals surface area contributed by atoms with Crippen molar-refractivity contribution in [2.75, 3.05) is 29.6 Å². The van der Waals surface area contributed by atoms with Crippen molar-refractivity contribution in [3.05, 3.63) is 51.9 Å². The lowest BCUT2D eigenvalue weighted by Crippen LogP contribution is -2.20. The van der Waals surface area contributed by atoms with E-state index in [9.17, 15) is 14.0 Å². The first-order valence-electron chi connectivity index (χ1n) is 13.3. The minimum atomic E-state index is -0.380. The molecule has 39 heavy (non-hydrogen) atoms. The highest BCUT2D eigenvalue weighted by Gasteiger charge is 2.28. The second-order valence-corrected chi connectivity index (χ2v) is 11.5. The lowest BCUT2D eigenvalue weighted by molar-refractivity contribution is -0.113. The molecule has 1 fully saturated rings. The second-order valence-electron chi connectivity index (χ2n) is 9.48. The zero-order chi connectivity index (χ0) is 27.2. The number of fused-ring (bicyclic) bond motifs is 1. The van der Waals surface area contributed by atoms with Gasteiger partial charge in [0.05, 0.1) is 37.1 Å². The molecule has 0 bridgehead atoms. The Morgan fingerprint density at radius 1 is 1.21 bits per heavy atom. The maximum atomic E-state index is 13.3. The Bertz CT molecular complexity index is 1300. The number of esters is 1. The number of rotatable bonds is 11. The van der Waals surface area contributed by atoms with Gasteiger partial charge in [-0.2, -0.15) is 0 Å². The highest BCUT2D eigenvalue weighted by Crippen LogP contribution is 2.38. The molecule has 3 aromatic rings. The fourth-order valence-corrected chi connectivity index (χ4v) is 6.91. The van der Waals surface area contributed by atoms with Crippen molar-refractivity contribution in [2.24, 2.45) is 0 Å². The Kier molecular flexibility index (Phi) is 9.15. The number of halogens is 1. The van der Waals surface area contributed by atoms with E-state index in [1.807, 2.05) is 4.57 Å². The Morgan fingerprint density at radius 2 is 2.03 bits per heavy atom. The van der Waals surface area contributed by atoms with Crippen LogP contribution in [0, 0.1) is 5.82 Å². The lowest BCUT2D eigenvalue weighted by Gasteiger charge is -2.15. The highest BCUT2D eigenvalue weighted by molar-refractivity contribution is 7.99. The average molecular weight is 574 g/mol. The number of benzene rings is 1. The summed E-state index contributed by atoms with van der Waals surface area (Å²) in [5.41, 5.74) is 2.29. The number of thioether (sulfide) groups is 1. The molecule has 2 aliphatic rings. The zero-order valence-corrected chi connectivity index (χ0v) is 23.5. The third kappa shape index (κ3) is 6.79. The van der Waals surface area contributed by atoms with Gasteiger partial charge in [0.25, 0.3) is 0 Å². The first-order chi connectivity index (χ1) is 19.0. The van der Waals surface area contributed by atoms with E-state index in [1.165, 1.54) is 35.2 Å². The van der Waals surface area contributed by atoms with Gasteiger partial charge in [-0.15, -0.1) is 21.5 Å². The number of hydrogen-bond acceptors (Lipinski definition) is 9. The first kappa shape index (κ1) is 27.6. The van der Waals surface area contributed by atoms with E-state index in [1.54, 1.807) is 19.1 Å². The van der Waals surface area contributed by atoms with Crippen molar-refractivity contribution in [1.82, 2.24) is 14.8 Å². The molecular formula is C27H32FN5O4S2. The Hall–Kier alpha value is -2.96. The normalized spacial score (nSPS) is 16.6. The van der Waals surface area contributed by atoms with Gasteiger partial charge in [-0.25, -0.2) is 9.18 Å². The van der Waals surface area contributed by atoms with Gasteiger partial charge in [0.2, 0.25) is 5.91 Å². The summed E-state index contributed by atoms with van der Waals surface area (Å²) in [7, 11) is 0. The van der Waals surface area contributed by atoms with E-state index in [0.717, 1.165) is 61.3 Å². The van der Waals surface area contributed by atoms with E-state index >= 15 is 0 Å². The molecule has 208 valence electrons. The summed E-state index contributed by atoms with van der Waals surface area (Å²) in [6.07, 6.45) is 5.87. The van der Waals surface area contributed by atoms with Crippen LogP contribution in [0.2, 0.25) is 0 Å². The standard InChI is InChI=1S/C27H32FN5O4S2/c1-2-36-26(35)24-20-7-3-4-8-21(20)39-25(24)30-23(34)16-38-27-32-31-22(33(27)15-19-6-5-13-37-19)14-29-18-11-9-17(28)10-12-18/h9-12,19,29H,2-8,13-16H2,1H3,(H,30,34)/t19-/m1/s1. The summed E-state index contributed by atoms with van der Waals surface area (Å²) in [5, 5.41) is 16.1. The van der Waals surface area contributed by atoms with Gasteiger partial charge in [0.1, 0.15) is 10.8 Å². The quantitative estimate of drug-likeness (QED) is 0.242. The molecule has 1 aliphatic carbocycles. The van der Waals surface area contributed by atoms with Crippen molar-refractivity contribution >= 4 is 45.7 Å². The van der Waals surface area contributed by atoms with E-state index in [0.29, 0.717) is 34.6 Å². The third-order valence-electron chi connectivity index (χ3n) is 6.73. The van der Waals surface area contributed by atoms with Crippen LogP contribution in [0.4, 0.5) is 15.1 Å². The monoisotopic (exact) mass is 573 g/mol. The van der Waals surface area contributed by atoms with Crippen LogP contribution in [0.5, 0.6) is 0 Å². The van der Waals surface area contributed by atoms with Crippen LogP contribution in [0.3, 0.4) is 0 Å². The number of thiophene rings is 1. The molecule has 12 heteroatoms. The van der Waals surface area contributed by atoms with E-state index in [-0.39, 0.29) is 36.2 Å². The predicted molar refractivity (Wildman–Crippen MR) is 149 cm³/mol. The number of aryl methyl sites for hydroxylation is 1. The van der Waals surface area contributed by atoms with E-state index in [4.69, 9.17) is 9.47 Å². The molecule has 2 aromatic heterocycles. The predicted octanol–water partition coefficient (Wildman–Crippen LogP) is 5.06. The van der Waals surface area contributed by atoms with Gasteiger partial charge in [-0.05, 0) is 75.3 Å². The topological polar surface area (TPSA) is 107 Å². The van der Waals surface area contributed by atoms with Crippen molar-refractivity contribution in [1.29, 1.82) is 0 Å². The van der Waals surface area contributed by atoms with Crippen molar-refractivity contribution in [3.63, 3.8) is 0 Å². The van der Waals surface area contributed by atoms with Crippen LogP contribution >= 0.6 is 23.1 Å². The molecule has 5 rings (SSSR count). The largest absolute Gasteiger partial charge is 0.462 e. The summed E-state index contributed by atoms with van der Waals surface area (Å²) < 4.78 is 26.4. The van der Waals surface area contributed by atoms with Gasteiger partial charge in [-0.3, -0.25) is 4.79 Å². The van der Waals surface area contributed by atoms with Crippen LogP contribution in [0.25, 0.3) is 0 Å². The number of aromatic nitrogens is 3. The number of nitrogens with one attached hydrogen (secondary N) is 2. The van der Waals surface area contributed by atoms with Crippen molar-refractivity contribution in [2.45, 2.75) is 69.8 Å². The smallest absolute Gasteiger partial charge is 0.341 e. The molecule has 0 unspecified atom stereocenters. The molecule has 3 heterocycles. The summed E-state index contributed by atoms with van der Waals surface area (Å²) >= 11 is 2.77. The number of anilines is 2. The van der Waals surface area contributed by atoms with Crippen LogP contribution in [-0.4, -0.2) is 51.7 Å². The van der Waals surface area contributed by atoms with Gasteiger partial charge in [0.15, 0.2) is 11.0 Å². The number of hydrogen-bond donors (Lipinski definition) is 2. The number of carbonyl (C=O) groups is 2. The molecule has 2 N–H and O–H groups in total. The second kappa shape index (κ2) is 12.9. The molecule has 0 saturated carbocycles. The molecule has 1 saturated heterocycles. The minimum absolute atomic E-state index is 0.0586. The molecule has 1 aliphatic heterocycles. The molecular weight excluding hydrogens is 541 g/mol. The molecule has 1 amide bonds. The Balaban J connectivity index is 1.27. The van der Waals surface area contributed by atoms with Crippen LogP contribution in [0.1, 0.15) is 59.2 Å². The fraction of sp³-hybridized carbons (Fsp3) is 0.481. The Morgan fingerprint density at radius 3 is 2.79 bits per heavy atom. The number of nitrogens with zero attached hydrogens (tertiary/aromatic N) is 3. The SMILES string of the molecule is CCOC(=O)c1c(NC(=O)CSc2nnc(CNc3ccc(F)cc3)n2C[C@H]2CCCO2)sc2c1CCCC2. The maximum Gasteiger partial charge on any atom is 0.341 e. The maximum absolute atomic E-state index is 13.3. The minimum Gasteiger partial charge on any atom is -0.462 e. The van der Waals surface area contributed by atoms with Crippen LogP contribution < -0.4 is 10.6 Å². The summed E-state index contributed by atoms with van der Waals surface area (Å²) in [5.74, 6) is -0.0828. The van der Waals surface area contributed by atoms with Crippen LogP contribution in [-0.2, 0) is 40.2 Å².